The lowest BCUT2D eigenvalue weighted by Gasteiger charge is -2.60. The lowest BCUT2D eigenvalue weighted by Crippen LogP contribution is -2.69. The van der Waals surface area contributed by atoms with Crippen molar-refractivity contribution in [2.24, 2.45) is 17.3 Å². The standard InChI is InChI=1S/C24H40F3N3O6S/c1-21(2,3)35-19(31)28-37(33,34)30(13-16-7-9-17(10-8-16)24(25,26)27)18-11-23(12-18)14-29(15-23)20(32)36-22(4,5)6/h16-18H,7-15H2,1-6H3,(H,28,31). The average Bonchev–Trinajstić information content (AvgIpc) is 2.60. The number of amides is 2. The number of nitrogens with zero attached hydrogens (tertiary/aromatic N) is 2. The van der Waals surface area contributed by atoms with Gasteiger partial charge in [-0.3, -0.25) is 0 Å². The first-order valence-electron chi connectivity index (χ1n) is 12.8. The van der Waals surface area contributed by atoms with Crippen molar-refractivity contribution in [1.29, 1.82) is 0 Å². The predicted molar refractivity (Wildman–Crippen MR) is 130 cm³/mol. The molecule has 13 heteroatoms. The minimum atomic E-state index is -4.30. The first-order valence-corrected chi connectivity index (χ1v) is 14.2. The highest BCUT2D eigenvalue weighted by Crippen LogP contribution is 2.51. The van der Waals surface area contributed by atoms with Gasteiger partial charge >= 0.3 is 28.6 Å². The van der Waals surface area contributed by atoms with Crippen molar-refractivity contribution in [3.8, 4) is 0 Å². The summed E-state index contributed by atoms with van der Waals surface area (Å²) < 4.78 is 79.5. The summed E-state index contributed by atoms with van der Waals surface area (Å²) in [6.07, 6.45) is -4.37. The molecule has 2 amide bonds. The van der Waals surface area contributed by atoms with Gasteiger partial charge in [-0.25, -0.2) is 14.3 Å². The Morgan fingerprint density at radius 2 is 1.46 bits per heavy atom. The number of halogens is 3. The fraction of sp³-hybridized carbons (Fsp3) is 0.917. The van der Waals surface area contributed by atoms with Gasteiger partial charge < -0.3 is 14.4 Å². The molecule has 3 fully saturated rings. The second-order valence-electron chi connectivity index (χ2n) is 12.8. The molecule has 0 aromatic rings. The molecule has 1 saturated heterocycles. The summed E-state index contributed by atoms with van der Waals surface area (Å²) >= 11 is 0. The number of hydrogen-bond acceptors (Lipinski definition) is 6. The van der Waals surface area contributed by atoms with Crippen molar-refractivity contribution < 1.29 is 40.7 Å². The molecule has 0 radical (unpaired) electrons. The van der Waals surface area contributed by atoms with E-state index in [1.807, 2.05) is 4.72 Å². The van der Waals surface area contributed by atoms with Crippen LogP contribution in [-0.4, -0.2) is 72.9 Å². The molecule has 0 unspecified atom stereocenters. The molecule has 0 atom stereocenters. The zero-order chi connectivity index (χ0) is 28.0. The summed E-state index contributed by atoms with van der Waals surface area (Å²) in [6.45, 7) is 11.1. The number of carbonyl (C=O) groups excluding carboxylic acids is 2. The molecular formula is C24H40F3N3O6S. The Labute approximate surface area is 217 Å². The van der Waals surface area contributed by atoms with E-state index in [1.165, 1.54) is 4.31 Å². The number of nitrogens with one attached hydrogen (secondary N) is 1. The van der Waals surface area contributed by atoms with Crippen LogP contribution in [0.5, 0.6) is 0 Å². The Morgan fingerprint density at radius 1 is 0.946 bits per heavy atom. The van der Waals surface area contributed by atoms with Crippen LogP contribution in [0.3, 0.4) is 0 Å². The van der Waals surface area contributed by atoms with E-state index >= 15 is 0 Å². The number of hydrogen-bond donors (Lipinski definition) is 1. The van der Waals surface area contributed by atoms with Crippen LogP contribution in [0.15, 0.2) is 0 Å². The lowest BCUT2D eigenvalue weighted by molar-refractivity contribution is -0.184. The molecule has 1 aliphatic heterocycles. The summed E-state index contributed by atoms with van der Waals surface area (Å²) in [5, 5.41) is 0. The van der Waals surface area contributed by atoms with Gasteiger partial charge in [0.1, 0.15) is 11.2 Å². The zero-order valence-electron chi connectivity index (χ0n) is 22.5. The molecular weight excluding hydrogens is 515 g/mol. The quantitative estimate of drug-likeness (QED) is 0.521. The van der Waals surface area contributed by atoms with Crippen LogP contribution in [0.25, 0.3) is 0 Å². The average molecular weight is 556 g/mol. The second kappa shape index (κ2) is 10.1. The molecule has 9 nitrogen and oxygen atoms in total. The van der Waals surface area contributed by atoms with E-state index in [9.17, 15) is 31.2 Å². The predicted octanol–water partition coefficient (Wildman–Crippen LogP) is 4.83. The Kier molecular flexibility index (Phi) is 8.12. The van der Waals surface area contributed by atoms with Gasteiger partial charge in [-0.1, -0.05) is 0 Å². The van der Waals surface area contributed by atoms with Crippen LogP contribution >= 0.6 is 0 Å². The van der Waals surface area contributed by atoms with Crippen LogP contribution in [0.1, 0.15) is 80.1 Å². The molecule has 3 aliphatic rings. The van der Waals surface area contributed by atoms with Crippen LogP contribution in [0.2, 0.25) is 0 Å². The third kappa shape index (κ3) is 7.87. The minimum absolute atomic E-state index is 0.0270. The maximum atomic E-state index is 13.3. The van der Waals surface area contributed by atoms with Crippen LogP contribution in [-0.2, 0) is 19.7 Å². The molecule has 0 aromatic carbocycles. The maximum Gasteiger partial charge on any atom is 0.422 e. The fourth-order valence-corrected chi connectivity index (χ4v) is 6.77. The lowest BCUT2D eigenvalue weighted by atomic mass is 9.60. The Hall–Kier alpha value is -1.76. The first kappa shape index (κ1) is 29.8. The molecule has 0 aromatic heterocycles. The van der Waals surface area contributed by atoms with Crippen molar-refractivity contribution in [2.75, 3.05) is 19.6 Å². The number of carbonyl (C=O) groups is 2. The monoisotopic (exact) mass is 555 g/mol. The molecule has 37 heavy (non-hydrogen) atoms. The zero-order valence-corrected chi connectivity index (χ0v) is 23.3. The topological polar surface area (TPSA) is 105 Å². The molecule has 214 valence electrons. The Bertz CT molecular complexity index is 952. The van der Waals surface area contributed by atoms with E-state index in [4.69, 9.17) is 9.47 Å². The molecule has 2 aliphatic carbocycles. The number of alkyl halides is 3. The van der Waals surface area contributed by atoms with E-state index in [-0.39, 0.29) is 43.6 Å². The summed E-state index contributed by atoms with van der Waals surface area (Å²) in [7, 11) is -4.30. The van der Waals surface area contributed by atoms with E-state index < -0.39 is 51.7 Å². The molecule has 1 N–H and O–H groups in total. The molecule has 1 spiro atoms. The number of ether oxygens (including phenoxy) is 2. The van der Waals surface area contributed by atoms with Crippen molar-refractivity contribution in [3.63, 3.8) is 0 Å². The number of rotatable bonds is 5. The van der Waals surface area contributed by atoms with Gasteiger partial charge in [-0.05, 0) is 86.0 Å². The highest BCUT2D eigenvalue weighted by molar-refractivity contribution is 7.87. The van der Waals surface area contributed by atoms with Crippen molar-refractivity contribution >= 4 is 22.4 Å². The minimum Gasteiger partial charge on any atom is -0.444 e. The van der Waals surface area contributed by atoms with Crippen LogP contribution < -0.4 is 4.72 Å². The normalized spacial score (nSPS) is 24.9. The number of likely N-dealkylation sites (tertiary alicyclic amines) is 1. The maximum absolute atomic E-state index is 13.3. The fourth-order valence-electron chi connectivity index (χ4n) is 5.45. The second-order valence-corrected chi connectivity index (χ2v) is 14.5. The molecule has 2 saturated carbocycles. The smallest absolute Gasteiger partial charge is 0.422 e. The summed E-state index contributed by atoms with van der Waals surface area (Å²) in [4.78, 5) is 26.1. The largest absolute Gasteiger partial charge is 0.444 e. The Balaban J connectivity index is 1.65. The van der Waals surface area contributed by atoms with Gasteiger partial charge in [0.25, 0.3) is 0 Å². The van der Waals surface area contributed by atoms with E-state index in [2.05, 4.69) is 0 Å². The van der Waals surface area contributed by atoms with Gasteiger partial charge in [0, 0.05) is 31.1 Å². The van der Waals surface area contributed by atoms with Crippen molar-refractivity contribution in [3.05, 3.63) is 0 Å². The van der Waals surface area contributed by atoms with Crippen LogP contribution in [0, 0.1) is 17.3 Å². The molecule has 0 bridgehead atoms. The third-order valence-corrected chi connectivity index (χ3v) is 8.61. The summed E-state index contributed by atoms with van der Waals surface area (Å²) in [5.41, 5.74) is -1.75. The third-order valence-electron chi connectivity index (χ3n) is 7.12. The van der Waals surface area contributed by atoms with Gasteiger partial charge in [0.2, 0.25) is 0 Å². The van der Waals surface area contributed by atoms with Crippen LogP contribution in [0.4, 0.5) is 22.8 Å². The van der Waals surface area contributed by atoms with Crippen molar-refractivity contribution in [1.82, 2.24) is 13.9 Å². The Morgan fingerprint density at radius 3 is 1.92 bits per heavy atom. The van der Waals surface area contributed by atoms with Gasteiger partial charge in [-0.15, -0.1) is 0 Å². The highest BCUT2D eigenvalue weighted by Gasteiger charge is 2.57. The van der Waals surface area contributed by atoms with Gasteiger partial charge in [-0.2, -0.15) is 25.9 Å². The summed E-state index contributed by atoms with van der Waals surface area (Å²) in [6, 6.07) is -0.430. The van der Waals surface area contributed by atoms with Gasteiger partial charge in [0.05, 0.1) is 5.92 Å². The highest BCUT2D eigenvalue weighted by atomic mass is 32.2. The van der Waals surface area contributed by atoms with E-state index in [0.29, 0.717) is 25.9 Å². The SMILES string of the molecule is CC(C)(C)OC(=O)NS(=O)(=O)N(CC1CCC(C(F)(F)F)CC1)C1CC2(C1)CN(C(=O)OC(C)(C)C)C2. The molecule has 3 rings (SSSR count). The first-order chi connectivity index (χ1) is 16.7. The van der Waals surface area contributed by atoms with Gasteiger partial charge in [0.15, 0.2) is 0 Å². The van der Waals surface area contributed by atoms with Crippen molar-refractivity contribution in [2.45, 2.75) is 103 Å². The van der Waals surface area contributed by atoms with E-state index in [0.717, 1.165) is 0 Å². The van der Waals surface area contributed by atoms with E-state index in [1.54, 1.807) is 46.4 Å². The summed E-state index contributed by atoms with van der Waals surface area (Å²) in [5.74, 6) is -1.61. The molecule has 1 heterocycles.